The fourth-order valence-corrected chi connectivity index (χ4v) is 2.76. The second-order valence-electron chi connectivity index (χ2n) is 4.84. The third-order valence-electron chi connectivity index (χ3n) is 3.29. The molecule has 4 nitrogen and oxygen atoms in total. The number of imidazole rings is 1. The van der Waals surface area contributed by atoms with Crippen molar-refractivity contribution in [2.75, 3.05) is 6.26 Å². The van der Waals surface area contributed by atoms with E-state index < -0.39 is 0 Å². The van der Waals surface area contributed by atoms with Gasteiger partial charge in [-0.05, 0) is 47.7 Å². The van der Waals surface area contributed by atoms with Gasteiger partial charge in [0.2, 0.25) is 0 Å². The molecule has 5 heteroatoms. The normalized spacial score (nSPS) is 10.6. The molecule has 0 bridgehead atoms. The smallest absolute Gasteiger partial charge is 0.120 e. The van der Waals surface area contributed by atoms with Gasteiger partial charge in [0, 0.05) is 30.5 Å². The number of hydrogen-bond donors (Lipinski definition) is 0. The lowest BCUT2D eigenvalue weighted by Gasteiger charge is -2.13. The van der Waals surface area contributed by atoms with E-state index in [0.717, 1.165) is 22.8 Å². The molecule has 0 aliphatic carbocycles. The van der Waals surface area contributed by atoms with Gasteiger partial charge >= 0.3 is 0 Å². The van der Waals surface area contributed by atoms with Crippen LogP contribution >= 0.6 is 11.8 Å². The maximum Gasteiger partial charge on any atom is 0.120 e. The highest BCUT2D eigenvalue weighted by Gasteiger charge is 2.06. The molecule has 0 fully saturated rings. The van der Waals surface area contributed by atoms with Crippen molar-refractivity contribution in [3.8, 4) is 11.4 Å². The molecule has 1 aromatic carbocycles. The van der Waals surface area contributed by atoms with Crippen molar-refractivity contribution in [3.63, 3.8) is 0 Å². The third-order valence-corrected chi connectivity index (χ3v) is 3.89. The van der Waals surface area contributed by atoms with Gasteiger partial charge in [-0.2, -0.15) is 11.8 Å². The van der Waals surface area contributed by atoms with Crippen molar-refractivity contribution in [3.05, 3.63) is 72.6 Å². The van der Waals surface area contributed by atoms with E-state index in [4.69, 9.17) is 4.74 Å². The van der Waals surface area contributed by atoms with Gasteiger partial charge in [-0.1, -0.05) is 0 Å². The molecule has 112 valence electrons. The SMILES string of the molecule is CSCc1cc(OCc2ccncc2)ccc1-n1ccnc1. The number of pyridine rings is 1. The summed E-state index contributed by atoms with van der Waals surface area (Å²) in [6, 6.07) is 10.1. The fraction of sp³-hybridized carbons (Fsp3) is 0.176. The predicted molar refractivity (Wildman–Crippen MR) is 89.4 cm³/mol. The van der Waals surface area contributed by atoms with Gasteiger partial charge in [0.25, 0.3) is 0 Å². The van der Waals surface area contributed by atoms with E-state index in [1.54, 1.807) is 30.4 Å². The van der Waals surface area contributed by atoms with Crippen LogP contribution < -0.4 is 4.74 Å². The summed E-state index contributed by atoms with van der Waals surface area (Å²) in [5.41, 5.74) is 3.49. The Kier molecular flexibility index (Phi) is 4.75. The second-order valence-corrected chi connectivity index (χ2v) is 5.70. The van der Waals surface area contributed by atoms with Crippen molar-refractivity contribution in [1.82, 2.24) is 14.5 Å². The van der Waals surface area contributed by atoms with Crippen LogP contribution in [0.4, 0.5) is 0 Å². The molecule has 3 rings (SSSR count). The van der Waals surface area contributed by atoms with Gasteiger partial charge < -0.3 is 9.30 Å². The summed E-state index contributed by atoms with van der Waals surface area (Å²) < 4.78 is 7.92. The Morgan fingerprint density at radius 3 is 2.68 bits per heavy atom. The molecule has 0 aliphatic heterocycles. The Balaban J connectivity index is 1.80. The minimum atomic E-state index is 0.547. The molecular formula is C17H17N3OS. The van der Waals surface area contributed by atoms with Crippen molar-refractivity contribution in [2.24, 2.45) is 0 Å². The molecule has 0 saturated heterocycles. The van der Waals surface area contributed by atoms with E-state index >= 15 is 0 Å². The second kappa shape index (κ2) is 7.13. The van der Waals surface area contributed by atoms with Crippen molar-refractivity contribution in [1.29, 1.82) is 0 Å². The summed E-state index contributed by atoms with van der Waals surface area (Å²) in [6.07, 6.45) is 11.2. The van der Waals surface area contributed by atoms with Crippen LogP contribution in [-0.2, 0) is 12.4 Å². The maximum absolute atomic E-state index is 5.89. The van der Waals surface area contributed by atoms with E-state index in [1.807, 2.05) is 35.3 Å². The highest BCUT2D eigenvalue weighted by molar-refractivity contribution is 7.97. The van der Waals surface area contributed by atoms with Crippen molar-refractivity contribution in [2.45, 2.75) is 12.4 Å². The lowest BCUT2D eigenvalue weighted by Crippen LogP contribution is -2.00. The molecule has 0 amide bonds. The molecular weight excluding hydrogens is 294 g/mol. The zero-order valence-corrected chi connectivity index (χ0v) is 13.2. The average Bonchev–Trinajstić information content (AvgIpc) is 3.09. The Labute approximate surface area is 134 Å². The molecule has 2 aromatic heterocycles. The number of benzene rings is 1. The molecule has 22 heavy (non-hydrogen) atoms. The van der Waals surface area contributed by atoms with Crippen LogP contribution in [-0.4, -0.2) is 20.8 Å². The molecule has 0 radical (unpaired) electrons. The first-order valence-corrected chi connectivity index (χ1v) is 8.38. The number of thioether (sulfide) groups is 1. The first-order chi connectivity index (χ1) is 10.9. The van der Waals surface area contributed by atoms with E-state index in [-0.39, 0.29) is 0 Å². The number of hydrogen-bond acceptors (Lipinski definition) is 4. The van der Waals surface area contributed by atoms with Crippen LogP contribution in [0.15, 0.2) is 61.4 Å². The lowest BCUT2D eigenvalue weighted by molar-refractivity contribution is 0.306. The summed E-state index contributed by atoms with van der Waals surface area (Å²) >= 11 is 1.79. The Morgan fingerprint density at radius 1 is 1.09 bits per heavy atom. The van der Waals surface area contributed by atoms with E-state index in [1.165, 1.54) is 5.56 Å². The zero-order valence-electron chi connectivity index (χ0n) is 12.3. The molecule has 2 heterocycles. The third kappa shape index (κ3) is 3.49. The lowest BCUT2D eigenvalue weighted by atomic mass is 10.2. The first-order valence-electron chi connectivity index (χ1n) is 6.99. The summed E-state index contributed by atoms with van der Waals surface area (Å²) in [4.78, 5) is 8.13. The van der Waals surface area contributed by atoms with Gasteiger partial charge in [0.1, 0.15) is 12.4 Å². The zero-order chi connectivity index (χ0) is 15.2. The maximum atomic E-state index is 5.89. The van der Waals surface area contributed by atoms with Gasteiger partial charge in [-0.25, -0.2) is 4.98 Å². The van der Waals surface area contributed by atoms with Gasteiger partial charge in [0.15, 0.2) is 0 Å². The number of rotatable bonds is 6. The Morgan fingerprint density at radius 2 is 1.95 bits per heavy atom. The molecule has 3 aromatic rings. The van der Waals surface area contributed by atoms with Crippen LogP contribution in [0, 0.1) is 0 Å². The van der Waals surface area contributed by atoms with E-state index in [0.29, 0.717) is 6.61 Å². The van der Waals surface area contributed by atoms with Crippen LogP contribution in [0.1, 0.15) is 11.1 Å². The molecule has 0 saturated carbocycles. The largest absolute Gasteiger partial charge is 0.489 e. The molecule has 0 N–H and O–H groups in total. The molecule has 0 unspecified atom stereocenters. The fourth-order valence-electron chi connectivity index (χ4n) is 2.22. The standard InChI is InChI=1S/C17H17N3OS/c1-22-12-15-10-16(21-11-14-4-6-18-7-5-14)2-3-17(15)20-9-8-19-13-20/h2-10,13H,11-12H2,1H3. The van der Waals surface area contributed by atoms with Gasteiger partial charge in [-0.15, -0.1) is 0 Å². The monoisotopic (exact) mass is 311 g/mol. The Hall–Kier alpha value is -2.27. The number of ether oxygens (including phenoxy) is 1. The number of aromatic nitrogens is 3. The Bertz CT molecular complexity index is 714. The topological polar surface area (TPSA) is 39.9 Å². The number of nitrogens with zero attached hydrogens (tertiary/aromatic N) is 3. The quantitative estimate of drug-likeness (QED) is 0.696. The van der Waals surface area contributed by atoms with E-state index in [2.05, 4.69) is 28.4 Å². The first kappa shape index (κ1) is 14.7. The van der Waals surface area contributed by atoms with Crippen LogP contribution in [0.3, 0.4) is 0 Å². The summed E-state index contributed by atoms with van der Waals surface area (Å²) in [5.74, 6) is 1.81. The minimum absolute atomic E-state index is 0.547. The predicted octanol–water partition coefficient (Wildman–Crippen LogP) is 3.71. The van der Waals surface area contributed by atoms with Crippen LogP contribution in [0.5, 0.6) is 5.75 Å². The van der Waals surface area contributed by atoms with Crippen LogP contribution in [0.25, 0.3) is 5.69 Å². The van der Waals surface area contributed by atoms with Gasteiger partial charge in [0.05, 0.1) is 12.0 Å². The van der Waals surface area contributed by atoms with Crippen molar-refractivity contribution >= 4 is 11.8 Å². The summed E-state index contributed by atoms with van der Waals surface area (Å²) in [7, 11) is 0. The molecule has 0 aliphatic rings. The summed E-state index contributed by atoms with van der Waals surface area (Å²) in [6.45, 7) is 0.547. The minimum Gasteiger partial charge on any atom is -0.489 e. The van der Waals surface area contributed by atoms with E-state index in [9.17, 15) is 0 Å². The molecule has 0 spiro atoms. The van der Waals surface area contributed by atoms with Gasteiger partial charge in [-0.3, -0.25) is 4.98 Å². The van der Waals surface area contributed by atoms with Crippen molar-refractivity contribution < 1.29 is 4.74 Å². The summed E-state index contributed by atoms with van der Waals surface area (Å²) in [5, 5.41) is 0. The average molecular weight is 311 g/mol. The highest BCUT2D eigenvalue weighted by atomic mass is 32.2. The molecule has 0 atom stereocenters. The van der Waals surface area contributed by atoms with Crippen LogP contribution in [0.2, 0.25) is 0 Å². The highest BCUT2D eigenvalue weighted by Crippen LogP contribution is 2.25.